The van der Waals surface area contributed by atoms with Crippen molar-refractivity contribution in [3.63, 3.8) is 0 Å². The highest BCUT2D eigenvalue weighted by molar-refractivity contribution is 7.92. The number of sulfone groups is 1. The van der Waals surface area contributed by atoms with E-state index in [2.05, 4.69) is 0 Å². The number of nitrogens with zero attached hydrogens (tertiary/aromatic N) is 1. The molecule has 0 bridgehead atoms. The minimum atomic E-state index is -3.13. The minimum Gasteiger partial charge on any atom is -0.478 e. The molecule has 0 saturated carbocycles. The van der Waals surface area contributed by atoms with E-state index in [0.717, 1.165) is 11.1 Å². The lowest BCUT2D eigenvalue weighted by Crippen LogP contribution is -2.35. The number of carbonyl (C=O) groups is 1. The number of benzene rings is 1. The van der Waals surface area contributed by atoms with Crippen LogP contribution in [-0.2, 0) is 22.9 Å². The highest BCUT2D eigenvalue weighted by Crippen LogP contribution is 2.24. The summed E-state index contributed by atoms with van der Waals surface area (Å²) in [6, 6.07) is 5.09. The summed E-state index contributed by atoms with van der Waals surface area (Å²) in [7, 11) is -3.13. The molecule has 0 fully saturated rings. The van der Waals surface area contributed by atoms with Gasteiger partial charge in [-0.3, -0.25) is 4.90 Å². The predicted octanol–water partition coefficient (Wildman–Crippen LogP) is 1.91. The first-order chi connectivity index (χ1) is 9.60. The number of fused-ring (bicyclic) bond motifs is 1. The SMILES string of the molecule is CC(C)(C)S(=O)(=O)CCN1Cc2ccc(C(=O)O)cc2C1. The zero-order chi connectivity index (χ0) is 15.8. The molecule has 6 heteroatoms. The first kappa shape index (κ1) is 16.0. The molecule has 1 heterocycles. The molecule has 0 unspecified atom stereocenters. The van der Waals surface area contributed by atoms with Crippen molar-refractivity contribution in [1.29, 1.82) is 0 Å². The molecule has 0 saturated heterocycles. The van der Waals surface area contributed by atoms with E-state index in [0.29, 0.717) is 19.6 Å². The average Bonchev–Trinajstić information content (AvgIpc) is 2.76. The third kappa shape index (κ3) is 3.44. The molecule has 1 aromatic carbocycles. The average molecular weight is 311 g/mol. The molecule has 21 heavy (non-hydrogen) atoms. The van der Waals surface area contributed by atoms with Crippen LogP contribution in [0, 0.1) is 0 Å². The molecule has 0 radical (unpaired) electrons. The Balaban J connectivity index is 2.03. The molecule has 0 atom stereocenters. The largest absolute Gasteiger partial charge is 0.478 e. The highest BCUT2D eigenvalue weighted by atomic mass is 32.2. The fourth-order valence-corrected chi connectivity index (χ4v) is 3.42. The molecule has 116 valence electrons. The van der Waals surface area contributed by atoms with Crippen molar-refractivity contribution < 1.29 is 18.3 Å². The van der Waals surface area contributed by atoms with E-state index in [4.69, 9.17) is 5.11 Å². The van der Waals surface area contributed by atoms with Crippen LogP contribution < -0.4 is 0 Å². The Kier molecular flexibility index (Phi) is 4.13. The van der Waals surface area contributed by atoms with E-state index in [1.807, 2.05) is 11.0 Å². The number of aromatic carboxylic acids is 1. The second kappa shape index (κ2) is 5.42. The van der Waals surface area contributed by atoms with E-state index in [-0.39, 0.29) is 11.3 Å². The van der Waals surface area contributed by atoms with Gasteiger partial charge >= 0.3 is 5.97 Å². The number of carboxylic acids is 1. The number of hydrogen-bond acceptors (Lipinski definition) is 4. The Morgan fingerprint density at radius 3 is 2.43 bits per heavy atom. The van der Waals surface area contributed by atoms with Crippen LogP contribution >= 0.6 is 0 Å². The maximum Gasteiger partial charge on any atom is 0.335 e. The van der Waals surface area contributed by atoms with Gasteiger partial charge in [0.05, 0.1) is 16.1 Å². The van der Waals surface area contributed by atoms with Crippen LogP contribution in [0.1, 0.15) is 42.3 Å². The maximum absolute atomic E-state index is 12.1. The Labute approximate surface area is 125 Å². The van der Waals surface area contributed by atoms with Gasteiger partial charge in [0.15, 0.2) is 9.84 Å². The van der Waals surface area contributed by atoms with E-state index in [1.165, 1.54) is 0 Å². The summed E-state index contributed by atoms with van der Waals surface area (Å²) in [5, 5.41) is 8.99. The van der Waals surface area contributed by atoms with E-state index in [9.17, 15) is 13.2 Å². The van der Waals surface area contributed by atoms with Gasteiger partial charge in [-0.25, -0.2) is 13.2 Å². The van der Waals surface area contributed by atoms with Crippen LogP contribution in [0.2, 0.25) is 0 Å². The minimum absolute atomic E-state index is 0.121. The molecular weight excluding hydrogens is 290 g/mol. The molecule has 0 amide bonds. The lowest BCUT2D eigenvalue weighted by molar-refractivity contribution is 0.0696. The van der Waals surface area contributed by atoms with Crippen molar-refractivity contribution in [1.82, 2.24) is 4.90 Å². The van der Waals surface area contributed by atoms with Gasteiger partial charge in [0.2, 0.25) is 0 Å². The van der Waals surface area contributed by atoms with Crippen LogP contribution in [0.15, 0.2) is 18.2 Å². The van der Waals surface area contributed by atoms with Gasteiger partial charge in [0.1, 0.15) is 0 Å². The lowest BCUT2D eigenvalue weighted by atomic mass is 10.1. The molecule has 2 rings (SSSR count). The van der Waals surface area contributed by atoms with Gasteiger partial charge in [-0.15, -0.1) is 0 Å². The number of rotatable bonds is 4. The van der Waals surface area contributed by atoms with E-state index >= 15 is 0 Å². The van der Waals surface area contributed by atoms with E-state index in [1.54, 1.807) is 32.9 Å². The number of carboxylic acid groups (broad SMARTS) is 1. The van der Waals surface area contributed by atoms with Crippen LogP contribution in [0.25, 0.3) is 0 Å². The van der Waals surface area contributed by atoms with Crippen LogP contribution in [0.4, 0.5) is 0 Å². The Hall–Kier alpha value is -1.40. The summed E-state index contributed by atoms with van der Waals surface area (Å²) in [6.07, 6.45) is 0. The fourth-order valence-electron chi connectivity index (χ4n) is 2.31. The second-order valence-corrected chi connectivity index (χ2v) is 9.29. The molecular formula is C15H21NO4S. The predicted molar refractivity (Wildman–Crippen MR) is 81.1 cm³/mol. The lowest BCUT2D eigenvalue weighted by Gasteiger charge is -2.21. The maximum atomic E-state index is 12.1. The van der Waals surface area contributed by atoms with Gasteiger partial charge in [-0.1, -0.05) is 6.07 Å². The normalized spacial score (nSPS) is 16.0. The van der Waals surface area contributed by atoms with Gasteiger partial charge in [0, 0.05) is 19.6 Å². The Bertz CT molecular complexity index is 659. The van der Waals surface area contributed by atoms with Crippen molar-refractivity contribution in [2.75, 3.05) is 12.3 Å². The summed E-state index contributed by atoms with van der Waals surface area (Å²) in [4.78, 5) is 13.0. The summed E-state index contributed by atoms with van der Waals surface area (Å²) in [6.45, 7) is 6.88. The molecule has 1 aromatic rings. The van der Waals surface area contributed by atoms with Gasteiger partial charge in [-0.2, -0.15) is 0 Å². The van der Waals surface area contributed by atoms with Crippen LogP contribution in [0.3, 0.4) is 0 Å². The van der Waals surface area contributed by atoms with E-state index < -0.39 is 20.6 Å². The molecule has 0 spiro atoms. The molecule has 1 N–H and O–H groups in total. The summed E-state index contributed by atoms with van der Waals surface area (Å²) < 4.78 is 23.5. The highest BCUT2D eigenvalue weighted by Gasteiger charge is 2.30. The monoisotopic (exact) mass is 311 g/mol. The molecule has 1 aliphatic rings. The fraction of sp³-hybridized carbons (Fsp3) is 0.533. The molecule has 0 aliphatic carbocycles. The van der Waals surface area contributed by atoms with Crippen molar-refractivity contribution in [3.05, 3.63) is 34.9 Å². The van der Waals surface area contributed by atoms with Gasteiger partial charge in [0.25, 0.3) is 0 Å². The van der Waals surface area contributed by atoms with Gasteiger partial charge in [-0.05, 0) is 44.0 Å². The third-order valence-corrected chi connectivity index (χ3v) is 6.44. The summed E-state index contributed by atoms with van der Waals surface area (Å²) in [5.41, 5.74) is 2.33. The standard InChI is InChI=1S/C15H21NO4S/c1-15(2,3)21(19,20)7-6-16-9-12-5-4-11(14(17)18)8-13(12)10-16/h4-5,8H,6-7,9-10H2,1-3H3,(H,17,18). The summed E-state index contributed by atoms with van der Waals surface area (Å²) >= 11 is 0. The first-order valence-electron chi connectivity index (χ1n) is 6.90. The van der Waals surface area contributed by atoms with Crippen molar-refractivity contribution in [3.8, 4) is 0 Å². The second-order valence-electron chi connectivity index (χ2n) is 6.43. The van der Waals surface area contributed by atoms with Gasteiger partial charge < -0.3 is 5.11 Å². The van der Waals surface area contributed by atoms with Crippen LogP contribution in [-0.4, -0.2) is 41.4 Å². The quantitative estimate of drug-likeness (QED) is 0.919. The molecule has 0 aromatic heterocycles. The zero-order valence-electron chi connectivity index (χ0n) is 12.6. The number of hydrogen-bond donors (Lipinski definition) is 1. The summed E-state index contributed by atoms with van der Waals surface area (Å²) in [5.74, 6) is -0.817. The van der Waals surface area contributed by atoms with Crippen LogP contribution in [0.5, 0.6) is 0 Å². The Morgan fingerprint density at radius 1 is 1.24 bits per heavy atom. The third-order valence-electron chi connectivity index (χ3n) is 3.85. The zero-order valence-corrected chi connectivity index (χ0v) is 13.4. The first-order valence-corrected chi connectivity index (χ1v) is 8.55. The van der Waals surface area contributed by atoms with Crippen molar-refractivity contribution in [2.24, 2.45) is 0 Å². The smallest absolute Gasteiger partial charge is 0.335 e. The molecule has 5 nitrogen and oxygen atoms in total. The van der Waals surface area contributed by atoms with Crippen molar-refractivity contribution in [2.45, 2.75) is 38.6 Å². The van der Waals surface area contributed by atoms with Crippen molar-refractivity contribution >= 4 is 15.8 Å². The topological polar surface area (TPSA) is 74.7 Å². The Morgan fingerprint density at radius 2 is 1.86 bits per heavy atom. The molecule has 1 aliphatic heterocycles.